The molecule has 68 valence electrons. The van der Waals surface area contributed by atoms with Crippen LogP contribution in [-0.2, 0) is 20.0 Å². The van der Waals surface area contributed by atoms with Crippen LogP contribution in [0.4, 0.5) is 0 Å². The van der Waals surface area contributed by atoms with Gasteiger partial charge in [-0.1, -0.05) is 0 Å². The molecule has 1 heteroatoms. The van der Waals surface area contributed by atoms with Crippen LogP contribution in [0.15, 0.2) is 0 Å². The molecule has 0 fully saturated rings. The van der Waals surface area contributed by atoms with E-state index < -0.39 is 20.0 Å². The summed E-state index contributed by atoms with van der Waals surface area (Å²) in [6.45, 7) is 4.62. The van der Waals surface area contributed by atoms with Crippen molar-refractivity contribution in [2.45, 2.75) is 57.2 Å². The van der Waals surface area contributed by atoms with Crippen molar-refractivity contribution in [2.24, 2.45) is 0 Å². The van der Waals surface area contributed by atoms with Gasteiger partial charge in [0.15, 0.2) is 0 Å². The van der Waals surface area contributed by atoms with E-state index in [9.17, 15) is 0 Å². The Morgan fingerprint density at radius 3 is 1.45 bits per heavy atom. The zero-order chi connectivity index (χ0) is 8.74. The monoisotopic (exact) mass is 324 g/mol. The molecule has 0 aromatic heterocycles. The van der Waals surface area contributed by atoms with Gasteiger partial charge in [-0.3, -0.25) is 0 Å². The topological polar surface area (TPSA) is 0 Å². The number of rotatable bonds is 6. The van der Waals surface area contributed by atoms with Gasteiger partial charge >= 0.3 is 77.2 Å². The first-order valence-electron chi connectivity index (χ1n) is 5.12. The van der Waals surface area contributed by atoms with Crippen molar-refractivity contribution in [2.75, 3.05) is 0 Å². The van der Waals surface area contributed by atoms with Crippen LogP contribution in [-0.4, -0.2) is 0 Å². The SMILES string of the molecule is CCC[CH2][Hf]([CH3])([CH3])[CH2]CCC. The summed E-state index contributed by atoms with van der Waals surface area (Å²) >= 11 is -1.55. The van der Waals surface area contributed by atoms with E-state index in [1.54, 1.807) is 8.35 Å². The summed E-state index contributed by atoms with van der Waals surface area (Å²) in [6, 6.07) is 0. The van der Waals surface area contributed by atoms with Gasteiger partial charge in [0.25, 0.3) is 0 Å². The summed E-state index contributed by atoms with van der Waals surface area (Å²) in [5.74, 6) is 0. The van der Waals surface area contributed by atoms with Crippen LogP contribution in [0.3, 0.4) is 0 Å². The molecule has 0 heterocycles. The van der Waals surface area contributed by atoms with Crippen molar-refractivity contribution < 1.29 is 20.0 Å². The third-order valence-electron chi connectivity index (χ3n) is 2.41. The average Bonchev–Trinajstić information content (AvgIpc) is 1.97. The zero-order valence-electron chi connectivity index (χ0n) is 8.74. The summed E-state index contributed by atoms with van der Waals surface area (Å²) < 4.78 is 8.50. The van der Waals surface area contributed by atoms with Gasteiger partial charge in [-0.15, -0.1) is 0 Å². The molecule has 0 saturated carbocycles. The fraction of sp³-hybridized carbons (Fsp3) is 1.00. The Morgan fingerprint density at radius 1 is 0.818 bits per heavy atom. The van der Waals surface area contributed by atoms with E-state index in [4.69, 9.17) is 0 Å². The van der Waals surface area contributed by atoms with Gasteiger partial charge in [0.2, 0.25) is 0 Å². The molecule has 0 saturated heterocycles. The second-order valence-corrected chi connectivity index (χ2v) is 23.5. The van der Waals surface area contributed by atoms with Gasteiger partial charge in [-0.25, -0.2) is 0 Å². The van der Waals surface area contributed by atoms with E-state index in [1.165, 1.54) is 25.7 Å². The van der Waals surface area contributed by atoms with Gasteiger partial charge in [0.1, 0.15) is 0 Å². The predicted molar refractivity (Wildman–Crippen MR) is 51.2 cm³/mol. The van der Waals surface area contributed by atoms with Crippen molar-refractivity contribution in [1.82, 2.24) is 0 Å². The van der Waals surface area contributed by atoms with Gasteiger partial charge in [-0.2, -0.15) is 0 Å². The molecule has 0 rings (SSSR count). The Hall–Kier alpha value is 0.870. The molecular weight excluding hydrogens is 299 g/mol. The fourth-order valence-corrected chi connectivity index (χ4v) is 11.8. The van der Waals surface area contributed by atoms with Crippen LogP contribution in [0.25, 0.3) is 0 Å². The van der Waals surface area contributed by atoms with Crippen LogP contribution in [0.2, 0.25) is 17.7 Å². The molecule has 0 N–H and O–H groups in total. The second kappa shape index (κ2) is 6.39. The summed E-state index contributed by atoms with van der Waals surface area (Å²) in [5.41, 5.74) is 0. The van der Waals surface area contributed by atoms with E-state index in [0.717, 1.165) is 0 Å². The first-order chi connectivity index (χ1) is 5.12. The van der Waals surface area contributed by atoms with Crippen LogP contribution < -0.4 is 0 Å². The molecule has 0 aliphatic heterocycles. The Bertz CT molecular complexity index is 76.9. The molecule has 0 aliphatic carbocycles. The normalized spacial score (nSPS) is 12.0. The van der Waals surface area contributed by atoms with Crippen molar-refractivity contribution in [1.29, 1.82) is 0 Å². The molecule has 11 heavy (non-hydrogen) atoms. The number of unbranched alkanes of at least 4 members (excludes halogenated alkanes) is 2. The molecule has 0 nitrogen and oxygen atoms in total. The quantitative estimate of drug-likeness (QED) is 0.623. The maximum atomic E-state index is 2.62. The molecule has 0 spiro atoms. The van der Waals surface area contributed by atoms with Crippen LogP contribution in [0.5, 0.6) is 0 Å². The molecule has 0 aromatic rings. The summed E-state index contributed by atoms with van der Waals surface area (Å²) in [6.07, 6.45) is 5.79. The van der Waals surface area contributed by atoms with Gasteiger partial charge in [0.05, 0.1) is 0 Å². The summed E-state index contributed by atoms with van der Waals surface area (Å²) in [4.78, 5) is 0. The van der Waals surface area contributed by atoms with E-state index in [-0.39, 0.29) is 0 Å². The second-order valence-electron chi connectivity index (χ2n) is 4.37. The molecule has 0 radical (unpaired) electrons. The van der Waals surface area contributed by atoms with Gasteiger partial charge < -0.3 is 0 Å². The van der Waals surface area contributed by atoms with E-state index in [1.807, 2.05) is 0 Å². The van der Waals surface area contributed by atoms with E-state index >= 15 is 0 Å². The molecule has 0 unspecified atom stereocenters. The first kappa shape index (κ1) is 11.9. The summed E-state index contributed by atoms with van der Waals surface area (Å²) in [7, 11) is 0. The Kier molecular flexibility index (Phi) is 6.90. The average molecular weight is 323 g/mol. The van der Waals surface area contributed by atoms with Crippen molar-refractivity contribution in [3.8, 4) is 0 Å². The van der Waals surface area contributed by atoms with Crippen LogP contribution in [0, 0.1) is 0 Å². The summed E-state index contributed by atoms with van der Waals surface area (Å²) in [5, 5.41) is 0. The van der Waals surface area contributed by atoms with Crippen LogP contribution >= 0.6 is 0 Å². The molecule has 0 aromatic carbocycles. The number of hydrogen-bond acceptors (Lipinski definition) is 0. The molecule has 0 aliphatic rings. The fourth-order valence-electron chi connectivity index (χ4n) is 1.44. The van der Waals surface area contributed by atoms with Crippen LogP contribution in [0.1, 0.15) is 39.5 Å². The van der Waals surface area contributed by atoms with Crippen molar-refractivity contribution in [3.05, 3.63) is 0 Å². The molecule has 0 bridgehead atoms. The standard InChI is InChI=1S/2C4H9.2CH3.Hf/c2*1-3-4-2;;;/h2*1,3-4H2,2H3;2*1H3;. The molecule has 0 atom stereocenters. The molecular formula is C10H24Hf. The van der Waals surface area contributed by atoms with Crippen molar-refractivity contribution in [3.63, 3.8) is 0 Å². The van der Waals surface area contributed by atoms with Gasteiger partial charge in [-0.05, 0) is 0 Å². The Balaban J connectivity index is 3.43. The third kappa shape index (κ3) is 7.24. The minimum absolute atomic E-state index is 1.40. The zero-order valence-corrected chi connectivity index (χ0v) is 12.3. The first-order valence-corrected chi connectivity index (χ1v) is 17.4. The molecule has 0 amide bonds. The Labute approximate surface area is 77.1 Å². The Morgan fingerprint density at radius 2 is 1.18 bits per heavy atom. The van der Waals surface area contributed by atoms with E-state index in [0.29, 0.717) is 0 Å². The third-order valence-corrected chi connectivity index (χ3v) is 14.7. The number of hydrogen-bond donors (Lipinski definition) is 0. The predicted octanol–water partition coefficient (Wildman–Crippen LogP) is 4.67. The minimum atomic E-state index is -1.55. The van der Waals surface area contributed by atoms with Crippen molar-refractivity contribution >= 4 is 0 Å². The van der Waals surface area contributed by atoms with Gasteiger partial charge in [0, 0.05) is 0 Å². The van der Waals surface area contributed by atoms with E-state index in [2.05, 4.69) is 23.2 Å². The maximum absolute atomic E-state index is 2.62.